The van der Waals surface area contributed by atoms with Gasteiger partial charge < -0.3 is 9.46 Å². The van der Waals surface area contributed by atoms with Gasteiger partial charge in [0.1, 0.15) is 10.7 Å². The number of halogens is 2. The van der Waals surface area contributed by atoms with Crippen LogP contribution in [0.15, 0.2) is 34.5 Å². The van der Waals surface area contributed by atoms with Gasteiger partial charge in [-0.1, -0.05) is 11.6 Å². The molecule has 0 amide bonds. The van der Waals surface area contributed by atoms with Crippen LogP contribution in [0.4, 0.5) is 10.1 Å². The van der Waals surface area contributed by atoms with E-state index in [0.29, 0.717) is 20.5 Å². The van der Waals surface area contributed by atoms with Gasteiger partial charge in [-0.15, -0.1) is 11.3 Å². The van der Waals surface area contributed by atoms with Gasteiger partial charge in [-0.2, -0.15) is 0 Å². The molecule has 0 unspecified atom stereocenters. The molecule has 7 heteroatoms. The highest BCUT2D eigenvalue weighted by atomic mass is 35.5. The van der Waals surface area contributed by atoms with Crippen LogP contribution in [-0.2, 0) is 4.74 Å². The molecule has 1 aromatic carbocycles. The first kappa shape index (κ1) is 14.2. The standard InChI is InChI=1S/C12H9ClFNO2S2/c1-17-12(16)11-9(4-5-18-11)15-19-10-3-2-7(13)6-8(10)14/h2-6,15H,1H3. The first-order valence-corrected chi connectivity index (χ1v) is 7.23. The number of methoxy groups -OCH3 is 1. The van der Waals surface area contributed by atoms with Crippen molar-refractivity contribution in [2.24, 2.45) is 0 Å². The van der Waals surface area contributed by atoms with Gasteiger partial charge in [0, 0.05) is 5.02 Å². The number of rotatable bonds is 4. The molecule has 0 spiro atoms. The van der Waals surface area contributed by atoms with Gasteiger partial charge in [0.05, 0.1) is 17.7 Å². The third kappa shape index (κ3) is 3.40. The minimum absolute atomic E-state index is 0.340. The number of ether oxygens (including phenoxy) is 1. The van der Waals surface area contributed by atoms with Crippen molar-refractivity contribution in [1.82, 2.24) is 0 Å². The quantitative estimate of drug-likeness (QED) is 0.668. The van der Waals surface area contributed by atoms with E-state index >= 15 is 0 Å². The van der Waals surface area contributed by atoms with Gasteiger partial charge in [0.25, 0.3) is 0 Å². The van der Waals surface area contributed by atoms with Crippen molar-refractivity contribution in [2.45, 2.75) is 4.90 Å². The van der Waals surface area contributed by atoms with Crippen molar-refractivity contribution in [2.75, 3.05) is 11.8 Å². The third-order valence-corrected chi connectivity index (χ3v) is 4.20. The summed E-state index contributed by atoms with van der Waals surface area (Å²) in [7, 11) is 1.32. The minimum atomic E-state index is -0.422. The number of benzene rings is 1. The summed E-state index contributed by atoms with van der Waals surface area (Å²) in [6.45, 7) is 0. The van der Waals surface area contributed by atoms with Crippen LogP contribution < -0.4 is 4.72 Å². The molecule has 0 aliphatic rings. The molecule has 0 aliphatic heterocycles. The van der Waals surface area contributed by atoms with E-state index in [1.54, 1.807) is 23.6 Å². The Balaban J connectivity index is 2.10. The summed E-state index contributed by atoms with van der Waals surface area (Å²) in [6, 6.07) is 6.14. The molecule has 0 saturated carbocycles. The van der Waals surface area contributed by atoms with E-state index in [-0.39, 0.29) is 0 Å². The summed E-state index contributed by atoms with van der Waals surface area (Å²) in [5.74, 6) is -0.838. The van der Waals surface area contributed by atoms with Crippen LogP contribution in [-0.4, -0.2) is 13.1 Å². The maximum Gasteiger partial charge on any atom is 0.350 e. The molecule has 0 bridgehead atoms. The molecule has 0 aliphatic carbocycles. The SMILES string of the molecule is COC(=O)c1sccc1NSc1ccc(Cl)cc1F. The maximum absolute atomic E-state index is 13.6. The van der Waals surface area contributed by atoms with E-state index in [1.807, 2.05) is 0 Å². The average Bonchev–Trinajstić information content (AvgIpc) is 2.85. The van der Waals surface area contributed by atoms with Gasteiger partial charge in [0.2, 0.25) is 0 Å². The Labute approximate surface area is 122 Å². The summed E-state index contributed by atoms with van der Waals surface area (Å²) in [5, 5.41) is 2.10. The highest BCUT2D eigenvalue weighted by Crippen LogP contribution is 2.30. The molecular weight excluding hydrogens is 309 g/mol. The molecule has 19 heavy (non-hydrogen) atoms. The molecule has 1 aromatic heterocycles. The number of carbonyl (C=O) groups excluding carboxylic acids is 1. The third-order valence-electron chi connectivity index (χ3n) is 2.20. The minimum Gasteiger partial charge on any atom is -0.465 e. The molecular formula is C12H9ClFNO2S2. The van der Waals surface area contributed by atoms with Crippen molar-refractivity contribution < 1.29 is 13.9 Å². The smallest absolute Gasteiger partial charge is 0.350 e. The molecule has 3 nitrogen and oxygen atoms in total. The van der Waals surface area contributed by atoms with E-state index < -0.39 is 11.8 Å². The number of hydrogen-bond donors (Lipinski definition) is 1. The molecule has 0 radical (unpaired) electrons. The lowest BCUT2D eigenvalue weighted by Gasteiger charge is -2.06. The highest BCUT2D eigenvalue weighted by molar-refractivity contribution is 8.00. The van der Waals surface area contributed by atoms with Crippen molar-refractivity contribution in [3.63, 3.8) is 0 Å². The molecule has 100 valence electrons. The van der Waals surface area contributed by atoms with Gasteiger partial charge in [-0.3, -0.25) is 0 Å². The molecule has 0 atom stereocenters. The number of anilines is 1. The Bertz CT molecular complexity index is 603. The van der Waals surface area contributed by atoms with E-state index in [4.69, 9.17) is 11.6 Å². The van der Waals surface area contributed by atoms with Gasteiger partial charge >= 0.3 is 5.97 Å². The zero-order chi connectivity index (χ0) is 13.8. The van der Waals surface area contributed by atoms with Crippen molar-refractivity contribution >= 4 is 46.5 Å². The summed E-state index contributed by atoms with van der Waals surface area (Å²) in [4.78, 5) is 12.3. The zero-order valence-corrected chi connectivity index (χ0v) is 12.2. The van der Waals surface area contributed by atoms with Crippen LogP contribution in [0, 0.1) is 5.82 Å². The fourth-order valence-electron chi connectivity index (χ4n) is 1.31. The normalized spacial score (nSPS) is 10.3. The Morgan fingerprint density at radius 3 is 2.95 bits per heavy atom. The zero-order valence-electron chi connectivity index (χ0n) is 9.78. The van der Waals surface area contributed by atoms with Crippen LogP contribution in [0.2, 0.25) is 5.02 Å². The van der Waals surface area contributed by atoms with E-state index in [2.05, 4.69) is 9.46 Å². The van der Waals surface area contributed by atoms with E-state index in [1.165, 1.54) is 24.5 Å². The lowest BCUT2D eigenvalue weighted by molar-refractivity contribution is 0.0607. The molecule has 1 N–H and O–H groups in total. The molecule has 2 rings (SSSR count). The summed E-state index contributed by atoms with van der Waals surface area (Å²) >= 11 is 8.00. The number of nitrogens with one attached hydrogen (secondary N) is 1. The second-order valence-corrected chi connectivity index (χ2v) is 5.63. The second kappa shape index (κ2) is 6.27. The number of esters is 1. The van der Waals surface area contributed by atoms with Crippen molar-refractivity contribution in [3.05, 3.63) is 45.4 Å². The van der Waals surface area contributed by atoms with Gasteiger partial charge in [-0.05, 0) is 41.6 Å². The summed E-state index contributed by atoms with van der Waals surface area (Å²) in [5.41, 5.74) is 0.594. The predicted molar refractivity (Wildman–Crippen MR) is 76.5 cm³/mol. The van der Waals surface area contributed by atoms with Crippen LogP contribution in [0.3, 0.4) is 0 Å². The average molecular weight is 318 g/mol. The Morgan fingerprint density at radius 2 is 2.26 bits per heavy atom. The fraction of sp³-hybridized carbons (Fsp3) is 0.0833. The lowest BCUT2D eigenvalue weighted by Crippen LogP contribution is -2.01. The first-order valence-electron chi connectivity index (χ1n) is 5.15. The summed E-state index contributed by atoms with van der Waals surface area (Å²) in [6.07, 6.45) is 0. The Kier molecular flexibility index (Phi) is 4.68. The van der Waals surface area contributed by atoms with Gasteiger partial charge in [0.15, 0.2) is 0 Å². The largest absolute Gasteiger partial charge is 0.465 e. The van der Waals surface area contributed by atoms with Crippen LogP contribution >= 0.6 is 34.9 Å². The van der Waals surface area contributed by atoms with E-state index in [9.17, 15) is 9.18 Å². The number of carbonyl (C=O) groups is 1. The Hall–Kier alpha value is -1.24. The lowest BCUT2D eigenvalue weighted by atomic mass is 10.3. The molecule has 0 saturated heterocycles. The van der Waals surface area contributed by atoms with Crippen LogP contribution in [0.1, 0.15) is 9.67 Å². The van der Waals surface area contributed by atoms with Crippen molar-refractivity contribution in [3.8, 4) is 0 Å². The molecule has 0 fully saturated rings. The molecule has 1 heterocycles. The predicted octanol–water partition coefficient (Wildman–Crippen LogP) is 4.45. The van der Waals surface area contributed by atoms with Crippen LogP contribution in [0.5, 0.6) is 0 Å². The maximum atomic E-state index is 13.6. The van der Waals surface area contributed by atoms with E-state index in [0.717, 1.165) is 11.9 Å². The van der Waals surface area contributed by atoms with Crippen LogP contribution in [0.25, 0.3) is 0 Å². The van der Waals surface area contributed by atoms with Crippen molar-refractivity contribution in [1.29, 1.82) is 0 Å². The summed E-state index contributed by atoms with van der Waals surface area (Å²) < 4.78 is 21.2. The molecule has 2 aromatic rings. The van der Waals surface area contributed by atoms with Gasteiger partial charge in [-0.25, -0.2) is 9.18 Å². The fourth-order valence-corrected chi connectivity index (χ4v) is 2.98. The second-order valence-electron chi connectivity index (χ2n) is 3.43. The topological polar surface area (TPSA) is 38.3 Å². The number of hydrogen-bond acceptors (Lipinski definition) is 5. The monoisotopic (exact) mass is 317 g/mol. The first-order chi connectivity index (χ1) is 9.11. The number of thiophene rings is 1. The highest BCUT2D eigenvalue weighted by Gasteiger charge is 2.14. The Morgan fingerprint density at radius 1 is 1.47 bits per heavy atom.